The minimum atomic E-state index is -4.60. The number of halogens is 3. The molecule has 1 saturated heterocycles. The predicted molar refractivity (Wildman–Crippen MR) is 158 cm³/mol. The largest absolute Gasteiger partial charge is 0.497 e. The molecule has 0 unspecified atom stereocenters. The summed E-state index contributed by atoms with van der Waals surface area (Å²) in [5.74, 6) is 2.35. The molecule has 1 aliphatic rings. The third-order valence-electron chi connectivity index (χ3n) is 6.56. The van der Waals surface area contributed by atoms with Gasteiger partial charge in [0.15, 0.2) is 0 Å². The summed E-state index contributed by atoms with van der Waals surface area (Å²) in [4.78, 5) is 22.5. The van der Waals surface area contributed by atoms with Gasteiger partial charge in [-0.2, -0.15) is 13.2 Å². The molecule has 0 spiro atoms. The zero-order chi connectivity index (χ0) is 31.1. The highest BCUT2D eigenvalue weighted by atomic mass is 19.4. The van der Waals surface area contributed by atoms with Gasteiger partial charge in [-0.25, -0.2) is 14.8 Å². The fourth-order valence-corrected chi connectivity index (χ4v) is 4.45. The van der Waals surface area contributed by atoms with Crippen LogP contribution < -0.4 is 35.1 Å². The number of carbonyl (C=O) groups is 1. The Morgan fingerprint density at radius 3 is 2.27 bits per heavy atom. The summed E-state index contributed by atoms with van der Waals surface area (Å²) in [6.07, 6.45) is -3.26. The van der Waals surface area contributed by atoms with E-state index in [1.165, 1.54) is 18.5 Å². The van der Waals surface area contributed by atoms with Gasteiger partial charge >= 0.3 is 12.2 Å². The van der Waals surface area contributed by atoms with Crippen molar-refractivity contribution in [3.05, 3.63) is 78.6 Å². The molecule has 0 saturated carbocycles. The molecule has 0 aliphatic carbocycles. The number of aromatic nitrogens is 2. The summed E-state index contributed by atoms with van der Waals surface area (Å²) in [5.41, 5.74) is 0.253. The molecule has 0 radical (unpaired) electrons. The number of anilines is 5. The Morgan fingerprint density at radius 2 is 1.57 bits per heavy atom. The maximum atomic E-state index is 13.8. The van der Waals surface area contributed by atoms with E-state index in [0.29, 0.717) is 60.7 Å². The predicted octanol–water partition coefficient (Wildman–Crippen LogP) is 6.53. The van der Waals surface area contributed by atoms with E-state index in [1.807, 2.05) is 0 Å². The van der Waals surface area contributed by atoms with Crippen molar-refractivity contribution < 1.29 is 36.9 Å². The van der Waals surface area contributed by atoms with Gasteiger partial charge < -0.3 is 39.8 Å². The number of morpholine rings is 1. The van der Waals surface area contributed by atoms with Crippen LogP contribution in [0.3, 0.4) is 0 Å². The van der Waals surface area contributed by atoms with Crippen LogP contribution in [0.25, 0.3) is 0 Å². The van der Waals surface area contributed by atoms with Crippen molar-refractivity contribution in [1.29, 1.82) is 0 Å². The highest BCUT2D eigenvalue weighted by Crippen LogP contribution is 2.39. The van der Waals surface area contributed by atoms with Crippen LogP contribution in [0, 0.1) is 0 Å². The lowest BCUT2D eigenvalue weighted by Gasteiger charge is -2.31. The standard InChI is InChI=1S/C30H29F3N6O5/c1-41-22-8-10-26(42-2)24(16-22)38-27-17-28(35-18-34-27)44-21-6-3-19(4-7-21)36-29(40)37-20-5-9-25(23(15-20)30(31,32)33)39-11-13-43-14-12-39/h3-10,15-18H,11-14H2,1-2H3,(H,34,35,38)(H2,36,37,40). The number of hydrogen-bond donors (Lipinski definition) is 3. The summed E-state index contributed by atoms with van der Waals surface area (Å²) >= 11 is 0. The van der Waals surface area contributed by atoms with E-state index < -0.39 is 17.8 Å². The lowest BCUT2D eigenvalue weighted by molar-refractivity contribution is -0.137. The smallest absolute Gasteiger partial charge is 0.418 e. The summed E-state index contributed by atoms with van der Waals surface area (Å²) in [6, 6.07) is 16.3. The molecule has 1 aromatic heterocycles. The topological polar surface area (TPSA) is 119 Å². The van der Waals surface area contributed by atoms with Gasteiger partial charge in [-0.1, -0.05) is 0 Å². The second-order valence-electron chi connectivity index (χ2n) is 9.47. The van der Waals surface area contributed by atoms with Crippen LogP contribution in [0.4, 0.5) is 46.5 Å². The summed E-state index contributed by atoms with van der Waals surface area (Å²) in [6.45, 7) is 1.40. The van der Waals surface area contributed by atoms with Crippen molar-refractivity contribution >= 4 is 34.6 Å². The first-order valence-corrected chi connectivity index (χ1v) is 13.4. The van der Waals surface area contributed by atoms with Crippen LogP contribution in [0.5, 0.6) is 23.1 Å². The molecule has 2 heterocycles. The molecule has 4 aromatic rings. The number of urea groups is 1. The van der Waals surface area contributed by atoms with Crippen LogP contribution in [-0.2, 0) is 10.9 Å². The van der Waals surface area contributed by atoms with Crippen molar-refractivity contribution in [1.82, 2.24) is 9.97 Å². The second kappa shape index (κ2) is 13.4. The third-order valence-corrected chi connectivity index (χ3v) is 6.56. The van der Waals surface area contributed by atoms with E-state index in [0.717, 1.165) is 6.07 Å². The number of amides is 2. The number of ether oxygens (including phenoxy) is 4. The van der Waals surface area contributed by atoms with Crippen molar-refractivity contribution in [2.45, 2.75) is 6.18 Å². The highest BCUT2D eigenvalue weighted by Gasteiger charge is 2.35. The van der Waals surface area contributed by atoms with Crippen LogP contribution in [0.15, 0.2) is 73.1 Å². The summed E-state index contributed by atoms with van der Waals surface area (Å²) in [5, 5.41) is 8.21. The van der Waals surface area contributed by atoms with E-state index in [1.54, 1.807) is 67.7 Å². The molecular formula is C30H29F3N6O5. The fraction of sp³-hybridized carbons (Fsp3) is 0.233. The van der Waals surface area contributed by atoms with E-state index in [9.17, 15) is 18.0 Å². The van der Waals surface area contributed by atoms with Crippen molar-refractivity contribution in [3.8, 4) is 23.1 Å². The first-order valence-electron chi connectivity index (χ1n) is 13.4. The molecule has 3 N–H and O–H groups in total. The Kier molecular flexibility index (Phi) is 9.19. The number of benzene rings is 3. The first-order chi connectivity index (χ1) is 21.2. The van der Waals surface area contributed by atoms with Crippen molar-refractivity contribution in [2.24, 2.45) is 0 Å². The van der Waals surface area contributed by atoms with Gasteiger partial charge in [-0.15, -0.1) is 0 Å². The molecule has 0 bridgehead atoms. The SMILES string of the molecule is COc1ccc(OC)c(Nc2cc(Oc3ccc(NC(=O)Nc4ccc(N5CCOCC5)c(C(F)(F)F)c4)cc3)ncn2)c1. The van der Waals surface area contributed by atoms with Crippen LogP contribution in [0.2, 0.25) is 0 Å². The number of nitrogens with one attached hydrogen (secondary N) is 3. The van der Waals surface area contributed by atoms with Gasteiger partial charge in [-0.3, -0.25) is 0 Å². The first kappa shape index (κ1) is 30.2. The van der Waals surface area contributed by atoms with Gasteiger partial charge in [0, 0.05) is 42.3 Å². The van der Waals surface area contributed by atoms with E-state index in [4.69, 9.17) is 18.9 Å². The Morgan fingerprint density at radius 1 is 0.864 bits per heavy atom. The number of rotatable bonds is 9. The molecular weight excluding hydrogens is 581 g/mol. The normalized spacial score (nSPS) is 13.2. The molecule has 44 heavy (non-hydrogen) atoms. The molecule has 3 aromatic carbocycles. The quantitative estimate of drug-likeness (QED) is 0.194. The molecule has 1 fully saturated rings. The molecule has 14 heteroatoms. The summed E-state index contributed by atoms with van der Waals surface area (Å²) < 4.78 is 63.2. The molecule has 1 aliphatic heterocycles. The van der Waals surface area contributed by atoms with Gasteiger partial charge in [0.2, 0.25) is 5.88 Å². The number of methoxy groups -OCH3 is 2. The number of nitrogens with zero attached hydrogens (tertiary/aromatic N) is 3. The average molecular weight is 611 g/mol. The van der Waals surface area contributed by atoms with Crippen LogP contribution in [0.1, 0.15) is 5.56 Å². The van der Waals surface area contributed by atoms with Crippen LogP contribution in [-0.4, -0.2) is 56.5 Å². The lowest BCUT2D eigenvalue weighted by Crippen LogP contribution is -2.37. The Bertz CT molecular complexity index is 1600. The Balaban J connectivity index is 1.20. The van der Waals surface area contributed by atoms with Crippen LogP contribution >= 0.6 is 0 Å². The van der Waals surface area contributed by atoms with Gasteiger partial charge in [0.1, 0.15) is 29.4 Å². The van der Waals surface area contributed by atoms with E-state index in [2.05, 4.69) is 25.9 Å². The second-order valence-corrected chi connectivity index (χ2v) is 9.47. The summed E-state index contributed by atoms with van der Waals surface area (Å²) in [7, 11) is 3.12. The van der Waals surface area contributed by atoms with Gasteiger partial charge in [0.05, 0.1) is 38.7 Å². The van der Waals surface area contributed by atoms with Crippen molar-refractivity contribution in [2.75, 3.05) is 61.4 Å². The zero-order valence-electron chi connectivity index (χ0n) is 23.8. The maximum Gasteiger partial charge on any atom is 0.418 e. The zero-order valence-corrected chi connectivity index (χ0v) is 23.8. The number of hydrogen-bond acceptors (Lipinski definition) is 9. The minimum absolute atomic E-state index is 0.00605. The van der Waals surface area contributed by atoms with Gasteiger partial charge in [0.25, 0.3) is 0 Å². The monoisotopic (exact) mass is 610 g/mol. The average Bonchev–Trinajstić information content (AvgIpc) is 3.02. The highest BCUT2D eigenvalue weighted by molar-refractivity contribution is 6.00. The maximum absolute atomic E-state index is 13.8. The molecule has 5 rings (SSSR count). The Labute approximate surface area is 250 Å². The van der Waals surface area contributed by atoms with E-state index >= 15 is 0 Å². The van der Waals surface area contributed by atoms with E-state index in [-0.39, 0.29) is 17.3 Å². The molecule has 0 atom stereocenters. The van der Waals surface area contributed by atoms with Gasteiger partial charge in [-0.05, 0) is 54.6 Å². The number of alkyl halides is 3. The minimum Gasteiger partial charge on any atom is -0.497 e. The van der Waals surface area contributed by atoms with Crippen molar-refractivity contribution in [3.63, 3.8) is 0 Å². The molecule has 11 nitrogen and oxygen atoms in total. The Hall–Kier alpha value is -5.24. The molecule has 230 valence electrons. The molecule has 2 amide bonds. The fourth-order valence-electron chi connectivity index (χ4n) is 4.45. The number of carbonyl (C=O) groups excluding carboxylic acids is 1. The third kappa shape index (κ3) is 7.58. The lowest BCUT2D eigenvalue weighted by atomic mass is 10.1.